The largest absolute Gasteiger partial charge is 0.486 e. The maximum absolute atomic E-state index is 12.3. The molecule has 7 nitrogen and oxygen atoms in total. The number of para-hydroxylation sites is 1. The highest BCUT2D eigenvalue weighted by Gasteiger charge is 2.15. The van der Waals surface area contributed by atoms with E-state index >= 15 is 0 Å². The number of fused-ring (bicyclic) bond motifs is 2. The lowest BCUT2D eigenvalue weighted by Gasteiger charge is -2.18. The van der Waals surface area contributed by atoms with E-state index in [0.717, 1.165) is 10.9 Å². The van der Waals surface area contributed by atoms with E-state index in [-0.39, 0.29) is 11.8 Å². The number of hydrogen-bond donors (Lipinski definition) is 2. The van der Waals surface area contributed by atoms with E-state index in [0.29, 0.717) is 49.1 Å². The van der Waals surface area contributed by atoms with Gasteiger partial charge in [-0.15, -0.1) is 0 Å². The second-order valence-corrected chi connectivity index (χ2v) is 6.26. The van der Waals surface area contributed by atoms with Crippen LogP contribution in [0.25, 0.3) is 10.9 Å². The minimum absolute atomic E-state index is 0.241. The van der Waals surface area contributed by atoms with Crippen LogP contribution in [0.15, 0.2) is 54.6 Å². The lowest BCUT2D eigenvalue weighted by molar-refractivity contribution is 0.0925. The van der Waals surface area contributed by atoms with E-state index < -0.39 is 0 Å². The maximum atomic E-state index is 12.3. The van der Waals surface area contributed by atoms with E-state index in [1.807, 2.05) is 30.3 Å². The molecule has 1 aliphatic heterocycles. The summed E-state index contributed by atoms with van der Waals surface area (Å²) in [6.07, 6.45) is 0. The zero-order valence-electron chi connectivity index (χ0n) is 15.1. The standard InChI is InChI=1S/C21H19N3O4/c25-20(15-6-8-18-19(13-15)28-12-11-27-18)22-9-10-23-21(26)17-7-5-14-3-1-2-4-16(14)24-17/h1-8,13H,9-12H2,(H,22,25)(H,23,26). The van der Waals surface area contributed by atoms with E-state index in [1.165, 1.54) is 0 Å². The Balaban J connectivity index is 1.29. The van der Waals surface area contributed by atoms with Crippen LogP contribution in [-0.4, -0.2) is 43.1 Å². The minimum atomic E-state index is -0.278. The third-order valence-corrected chi connectivity index (χ3v) is 4.33. The van der Waals surface area contributed by atoms with Crippen LogP contribution in [0.2, 0.25) is 0 Å². The summed E-state index contributed by atoms with van der Waals surface area (Å²) in [6.45, 7) is 1.56. The van der Waals surface area contributed by atoms with Crippen LogP contribution in [0.5, 0.6) is 11.5 Å². The number of hydrogen-bond acceptors (Lipinski definition) is 5. The van der Waals surface area contributed by atoms with E-state index in [4.69, 9.17) is 9.47 Å². The molecule has 2 N–H and O–H groups in total. The van der Waals surface area contributed by atoms with Crippen molar-refractivity contribution in [3.8, 4) is 11.5 Å². The summed E-state index contributed by atoms with van der Waals surface area (Å²) in [5, 5.41) is 6.51. The van der Waals surface area contributed by atoms with Gasteiger partial charge in [-0.2, -0.15) is 0 Å². The van der Waals surface area contributed by atoms with Crippen LogP contribution in [0.4, 0.5) is 0 Å². The molecule has 4 rings (SSSR count). The molecular weight excluding hydrogens is 358 g/mol. The fourth-order valence-corrected chi connectivity index (χ4v) is 2.92. The van der Waals surface area contributed by atoms with Crippen LogP contribution in [0.3, 0.4) is 0 Å². The van der Waals surface area contributed by atoms with Gasteiger partial charge in [-0.05, 0) is 30.3 Å². The summed E-state index contributed by atoms with van der Waals surface area (Å²) in [6, 6.07) is 16.2. The van der Waals surface area contributed by atoms with Gasteiger partial charge in [0, 0.05) is 24.0 Å². The van der Waals surface area contributed by atoms with E-state index in [1.54, 1.807) is 24.3 Å². The lowest BCUT2D eigenvalue weighted by Crippen LogP contribution is -2.35. The topological polar surface area (TPSA) is 89.6 Å². The van der Waals surface area contributed by atoms with Gasteiger partial charge in [0.1, 0.15) is 18.9 Å². The van der Waals surface area contributed by atoms with Crippen molar-refractivity contribution in [2.24, 2.45) is 0 Å². The first-order valence-electron chi connectivity index (χ1n) is 9.02. The van der Waals surface area contributed by atoms with Gasteiger partial charge in [0.25, 0.3) is 11.8 Å². The van der Waals surface area contributed by atoms with E-state index in [2.05, 4.69) is 15.6 Å². The molecule has 0 unspecified atom stereocenters. The van der Waals surface area contributed by atoms with Gasteiger partial charge in [-0.25, -0.2) is 4.98 Å². The average Bonchev–Trinajstić information content (AvgIpc) is 2.75. The van der Waals surface area contributed by atoms with Crippen LogP contribution in [0.1, 0.15) is 20.8 Å². The normalized spacial score (nSPS) is 12.4. The molecule has 0 aliphatic carbocycles. The fourth-order valence-electron chi connectivity index (χ4n) is 2.92. The average molecular weight is 377 g/mol. The Morgan fingerprint density at radius 2 is 1.61 bits per heavy atom. The van der Waals surface area contributed by atoms with Gasteiger partial charge < -0.3 is 20.1 Å². The predicted molar refractivity (Wildman–Crippen MR) is 104 cm³/mol. The van der Waals surface area contributed by atoms with Gasteiger partial charge in [0.2, 0.25) is 0 Å². The Kier molecular flexibility index (Phi) is 5.05. The molecule has 2 aromatic carbocycles. The Bertz CT molecular complexity index is 1040. The van der Waals surface area contributed by atoms with Crippen LogP contribution in [-0.2, 0) is 0 Å². The zero-order valence-corrected chi connectivity index (χ0v) is 15.1. The molecule has 0 atom stereocenters. The molecule has 28 heavy (non-hydrogen) atoms. The van der Waals surface area contributed by atoms with Crippen molar-refractivity contribution < 1.29 is 19.1 Å². The fraction of sp³-hybridized carbons (Fsp3) is 0.190. The van der Waals surface area contributed by atoms with Crippen molar-refractivity contribution >= 4 is 22.7 Å². The highest BCUT2D eigenvalue weighted by molar-refractivity contribution is 5.96. The van der Waals surface area contributed by atoms with Gasteiger partial charge in [0.15, 0.2) is 11.5 Å². The Morgan fingerprint density at radius 3 is 2.46 bits per heavy atom. The summed E-state index contributed by atoms with van der Waals surface area (Å²) in [5.41, 5.74) is 1.59. The number of carbonyl (C=O) groups excluding carboxylic acids is 2. The number of nitrogens with one attached hydrogen (secondary N) is 2. The molecule has 0 saturated carbocycles. The molecule has 0 radical (unpaired) electrons. The Labute approximate surface area is 161 Å². The predicted octanol–water partition coefficient (Wildman–Crippen LogP) is 2.17. The second kappa shape index (κ2) is 7.96. The number of aromatic nitrogens is 1. The Hall–Kier alpha value is -3.61. The van der Waals surface area contributed by atoms with Crippen molar-refractivity contribution in [2.75, 3.05) is 26.3 Å². The smallest absolute Gasteiger partial charge is 0.269 e. The summed E-state index contributed by atoms with van der Waals surface area (Å²) in [4.78, 5) is 28.9. The highest BCUT2D eigenvalue weighted by Crippen LogP contribution is 2.30. The third-order valence-electron chi connectivity index (χ3n) is 4.33. The highest BCUT2D eigenvalue weighted by atomic mass is 16.6. The van der Waals surface area contributed by atoms with Crippen LogP contribution >= 0.6 is 0 Å². The molecule has 0 fully saturated rings. The lowest BCUT2D eigenvalue weighted by atomic mass is 10.2. The molecule has 1 aromatic heterocycles. The summed E-state index contributed by atoms with van der Waals surface area (Å²) >= 11 is 0. The molecule has 3 aromatic rings. The number of pyridine rings is 1. The summed E-state index contributed by atoms with van der Waals surface area (Å²) in [5.74, 6) is 0.682. The molecule has 0 saturated heterocycles. The number of ether oxygens (including phenoxy) is 2. The Morgan fingerprint density at radius 1 is 0.857 bits per heavy atom. The first kappa shape index (κ1) is 17.8. The van der Waals surface area contributed by atoms with Gasteiger partial charge >= 0.3 is 0 Å². The van der Waals surface area contributed by atoms with Crippen LogP contribution < -0.4 is 20.1 Å². The van der Waals surface area contributed by atoms with Crippen molar-refractivity contribution in [1.82, 2.24) is 15.6 Å². The van der Waals surface area contributed by atoms with Crippen molar-refractivity contribution in [3.05, 3.63) is 65.9 Å². The van der Waals surface area contributed by atoms with Crippen molar-refractivity contribution in [2.45, 2.75) is 0 Å². The first-order chi connectivity index (χ1) is 13.7. The maximum Gasteiger partial charge on any atom is 0.269 e. The molecule has 0 spiro atoms. The first-order valence-corrected chi connectivity index (χ1v) is 9.02. The van der Waals surface area contributed by atoms with E-state index in [9.17, 15) is 9.59 Å². The van der Waals surface area contributed by atoms with Gasteiger partial charge in [0.05, 0.1) is 5.52 Å². The van der Waals surface area contributed by atoms with Crippen molar-refractivity contribution in [3.63, 3.8) is 0 Å². The quantitative estimate of drug-likeness (QED) is 0.665. The summed E-state index contributed by atoms with van der Waals surface area (Å²) in [7, 11) is 0. The third kappa shape index (κ3) is 3.88. The second-order valence-electron chi connectivity index (χ2n) is 6.26. The number of carbonyl (C=O) groups is 2. The van der Waals surface area contributed by atoms with Crippen molar-refractivity contribution in [1.29, 1.82) is 0 Å². The number of benzene rings is 2. The summed E-state index contributed by atoms with van der Waals surface area (Å²) < 4.78 is 10.9. The molecule has 7 heteroatoms. The molecule has 2 amide bonds. The SMILES string of the molecule is O=C(NCCNC(=O)c1ccc2ccccc2n1)c1ccc2c(c1)OCCO2. The molecule has 1 aliphatic rings. The number of amides is 2. The number of rotatable bonds is 5. The van der Waals surface area contributed by atoms with Gasteiger partial charge in [-0.1, -0.05) is 24.3 Å². The molecule has 142 valence electrons. The molecular formula is C21H19N3O4. The van der Waals surface area contributed by atoms with Crippen LogP contribution in [0, 0.1) is 0 Å². The van der Waals surface area contributed by atoms with Gasteiger partial charge in [-0.3, -0.25) is 9.59 Å². The zero-order chi connectivity index (χ0) is 19.3. The molecule has 2 heterocycles. The minimum Gasteiger partial charge on any atom is -0.486 e. The molecule has 0 bridgehead atoms. The monoisotopic (exact) mass is 377 g/mol. The number of nitrogens with zero attached hydrogens (tertiary/aromatic N) is 1.